The third-order valence-corrected chi connectivity index (χ3v) is 11.2. The molecule has 0 aliphatic carbocycles. The van der Waals surface area contributed by atoms with Gasteiger partial charge in [0, 0.05) is 48.5 Å². The molecule has 2 aliphatic rings. The van der Waals surface area contributed by atoms with Gasteiger partial charge in [0.1, 0.15) is 0 Å². The Kier molecular flexibility index (Phi) is 11.2. The average molecular weight is 763 g/mol. The van der Waals surface area contributed by atoms with Crippen LogP contribution in [0.25, 0.3) is 22.2 Å². The van der Waals surface area contributed by atoms with Crippen LogP contribution in [0.2, 0.25) is 0 Å². The highest BCUT2D eigenvalue weighted by Gasteiger charge is 2.43. The summed E-state index contributed by atoms with van der Waals surface area (Å²) in [6, 6.07) is 13.1. The van der Waals surface area contributed by atoms with Crippen LogP contribution in [0.4, 0.5) is 26.3 Å². The fraction of sp³-hybridized carbons (Fsp3) is 0.421. The highest BCUT2D eigenvalue weighted by molar-refractivity contribution is 7.91. The standard InChI is InChI=1S/C38H40F6N4O4S/c1-52-23-28-13-8-18-48(28)27-16-19-47(20-17-27)22-30-32(36(49)46-35(38(42,43)44)24-9-4-3-5-10-24)29-14-7-15-31(53(2,50)51)34(29)45-33(30)25-11-6-12-26(21-25)37(39,40)41/h3-7,9-12,14-15,21,27-28,35H,8,13,16-20,22-23H2,1-2H3,(H,46,49)/t28-,35+/m0/s1. The number of amides is 1. The molecule has 4 aromatic rings. The second-order valence-corrected chi connectivity index (χ2v) is 15.7. The topological polar surface area (TPSA) is 91.8 Å². The number of alkyl halides is 6. The van der Waals surface area contributed by atoms with E-state index in [0.29, 0.717) is 25.7 Å². The lowest BCUT2D eigenvalue weighted by Gasteiger charge is -2.39. The first-order chi connectivity index (χ1) is 25.1. The third-order valence-electron chi connectivity index (χ3n) is 10.1. The number of fused-ring (bicyclic) bond motifs is 1. The summed E-state index contributed by atoms with van der Waals surface area (Å²) in [6.07, 6.45) is -5.22. The van der Waals surface area contributed by atoms with Gasteiger partial charge in [-0.15, -0.1) is 0 Å². The van der Waals surface area contributed by atoms with Crippen molar-refractivity contribution in [1.82, 2.24) is 20.1 Å². The monoisotopic (exact) mass is 762 g/mol. The van der Waals surface area contributed by atoms with Gasteiger partial charge >= 0.3 is 12.4 Å². The Morgan fingerprint density at radius 1 is 0.943 bits per heavy atom. The maximum atomic E-state index is 14.6. The molecule has 6 rings (SSSR count). The number of ether oxygens (including phenoxy) is 1. The van der Waals surface area contributed by atoms with E-state index in [4.69, 9.17) is 4.74 Å². The van der Waals surface area contributed by atoms with Crippen LogP contribution in [0, 0.1) is 0 Å². The molecule has 53 heavy (non-hydrogen) atoms. The van der Waals surface area contributed by atoms with Crippen LogP contribution >= 0.6 is 0 Å². The fourth-order valence-corrected chi connectivity index (χ4v) is 8.47. The summed E-state index contributed by atoms with van der Waals surface area (Å²) in [5.41, 5.74) is -1.89. The van der Waals surface area contributed by atoms with Gasteiger partial charge in [0.2, 0.25) is 0 Å². The summed E-state index contributed by atoms with van der Waals surface area (Å²) in [5, 5.41) is 2.09. The zero-order valence-electron chi connectivity index (χ0n) is 29.2. The fourth-order valence-electron chi connectivity index (χ4n) is 7.64. The number of benzene rings is 3. The number of piperidine rings is 1. The summed E-state index contributed by atoms with van der Waals surface area (Å²) in [7, 11) is -2.36. The number of carbonyl (C=O) groups excluding carboxylic acids is 1. The number of rotatable bonds is 10. The molecule has 0 unspecified atom stereocenters. The predicted molar refractivity (Wildman–Crippen MR) is 188 cm³/mol. The molecule has 2 aliphatic heterocycles. The maximum absolute atomic E-state index is 14.6. The van der Waals surface area contributed by atoms with Gasteiger partial charge in [0.15, 0.2) is 15.9 Å². The van der Waals surface area contributed by atoms with E-state index in [2.05, 4.69) is 15.2 Å². The summed E-state index contributed by atoms with van der Waals surface area (Å²) < 4.78 is 117. The van der Waals surface area contributed by atoms with Crippen molar-refractivity contribution in [2.24, 2.45) is 0 Å². The van der Waals surface area contributed by atoms with Gasteiger partial charge < -0.3 is 10.1 Å². The van der Waals surface area contributed by atoms with E-state index in [-0.39, 0.29) is 56.3 Å². The molecule has 284 valence electrons. The van der Waals surface area contributed by atoms with Crippen LogP contribution in [-0.2, 0) is 27.3 Å². The molecule has 2 fully saturated rings. The molecule has 1 N–H and O–H groups in total. The summed E-state index contributed by atoms with van der Waals surface area (Å²) >= 11 is 0. The van der Waals surface area contributed by atoms with Crippen LogP contribution < -0.4 is 5.32 Å². The number of sulfone groups is 1. The quantitative estimate of drug-likeness (QED) is 0.168. The zero-order chi connectivity index (χ0) is 38.1. The van der Waals surface area contributed by atoms with Gasteiger partial charge in [0.05, 0.1) is 33.8 Å². The molecule has 15 heteroatoms. The highest BCUT2D eigenvalue weighted by Crippen LogP contribution is 2.39. The molecule has 0 saturated carbocycles. The van der Waals surface area contributed by atoms with Crippen molar-refractivity contribution >= 4 is 26.6 Å². The van der Waals surface area contributed by atoms with Crippen molar-refractivity contribution in [3.05, 3.63) is 95.1 Å². The lowest BCUT2D eigenvalue weighted by Crippen LogP contribution is -2.47. The van der Waals surface area contributed by atoms with Crippen molar-refractivity contribution < 1.29 is 44.3 Å². The van der Waals surface area contributed by atoms with E-state index < -0.39 is 39.7 Å². The van der Waals surface area contributed by atoms with Crippen LogP contribution in [-0.4, -0.2) is 87.0 Å². The molecular formula is C38H40F6N4O4S. The Labute approximate surface area is 304 Å². The number of carbonyl (C=O) groups is 1. The lowest BCUT2D eigenvalue weighted by atomic mass is 9.93. The molecule has 1 amide bonds. The van der Waals surface area contributed by atoms with Gasteiger partial charge in [-0.3, -0.25) is 14.6 Å². The number of aromatic nitrogens is 1. The predicted octanol–water partition coefficient (Wildman–Crippen LogP) is 7.43. The summed E-state index contributed by atoms with van der Waals surface area (Å²) in [4.78, 5) is 23.2. The van der Waals surface area contributed by atoms with Gasteiger partial charge in [-0.25, -0.2) is 13.4 Å². The zero-order valence-corrected chi connectivity index (χ0v) is 30.0. The van der Waals surface area contributed by atoms with Gasteiger partial charge in [-0.1, -0.05) is 54.6 Å². The van der Waals surface area contributed by atoms with E-state index in [1.54, 1.807) is 7.11 Å². The number of pyridine rings is 1. The average Bonchev–Trinajstić information content (AvgIpc) is 3.57. The van der Waals surface area contributed by atoms with E-state index in [1.807, 2.05) is 4.90 Å². The number of para-hydroxylation sites is 1. The molecule has 0 radical (unpaired) electrons. The number of likely N-dealkylation sites (tertiary alicyclic amines) is 2. The van der Waals surface area contributed by atoms with Gasteiger partial charge in [0.25, 0.3) is 5.91 Å². The van der Waals surface area contributed by atoms with Crippen LogP contribution in [0.1, 0.15) is 58.8 Å². The smallest absolute Gasteiger partial charge is 0.383 e. The molecule has 0 spiro atoms. The summed E-state index contributed by atoms with van der Waals surface area (Å²) in [5.74, 6) is -1.17. The number of nitrogens with one attached hydrogen (secondary N) is 1. The van der Waals surface area contributed by atoms with Crippen LogP contribution in [0.5, 0.6) is 0 Å². The van der Waals surface area contributed by atoms with E-state index in [0.717, 1.165) is 50.6 Å². The Morgan fingerprint density at radius 3 is 2.28 bits per heavy atom. The number of hydrogen-bond acceptors (Lipinski definition) is 7. The molecule has 8 nitrogen and oxygen atoms in total. The van der Waals surface area contributed by atoms with Crippen molar-refractivity contribution in [2.75, 3.05) is 39.6 Å². The van der Waals surface area contributed by atoms with Crippen LogP contribution in [0.15, 0.2) is 77.7 Å². The molecule has 2 saturated heterocycles. The van der Waals surface area contributed by atoms with Crippen LogP contribution in [0.3, 0.4) is 0 Å². The SMILES string of the molecule is COC[C@@H]1CCCN1C1CCN(Cc2c(-c3cccc(C(F)(F)F)c3)nc3c(S(C)(=O)=O)cccc3c2C(=O)N[C@H](c2ccccc2)C(F)(F)F)CC1. The first-order valence-corrected chi connectivity index (χ1v) is 19.2. The van der Waals surface area contributed by atoms with Crippen molar-refractivity contribution in [3.63, 3.8) is 0 Å². The highest BCUT2D eigenvalue weighted by atomic mass is 32.2. The second kappa shape index (κ2) is 15.4. The number of hydrogen-bond donors (Lipinski definition) is 1. The third kappa shape index (κ3) is 8.53. The Morgan fingerprint density at radius 2 is 1.64 bits per heavy atom. The van der Waals surface area contributed by atoms with Crippen molar-refractivity contribution in [1.29, 1.82) is 0 Å². The van der Waals surface area contributed by atoms with Gasteiger partial charge in [-0.2, -0.15) is 26.3 Å². The van der Waals surface area contributed by atoms with Crippen molar-refractivity contribution in [3.8, 4) is 11.3 Å². The van der Waals surface area contributed by atoms with E-state index in [9.17, 15) is 39.6 Å². The normalized spacial score (nSPS) is 18.8. The molecule has 3 aromatic carbocycles. The molecule has 3 heterocycles. The second-order valence-electron chi connectivity index (χ2n) is 13.7. The molecule has 2 atom stereocenters. The van der Waals surface area contributed by atoms with E-state index in [1.165, 1.54) is 60.7 Å². The molecular weight excluding hydrogens is 722 g/mol. The minimum atomic E-state index is -4.93. The lowest BCUT2D eigenvalue weighted by molar-refractivity contribution is -0.155. The Hall–Kier alpha value is -4.05. The largest absolute Gasteiger partial charge is 0.416 e. The van der Waals surface area contributed by atoms with Gasteiger partial charge in [-0.05, 0) is 69.1 Å². The van der Waals surface area contributed by atoms with Crippen molar-refractivity contribution in [2.45, 2.75) is 67.6 Å². The number of nitrogens with zero attached hydrogens (tertiary/aromatic N) is 3. The summed E-state index contributed by atoms with van der Waals surface area (Å²) in [6.45, 7) is 2.55. The maximum Gasteiger partial charge on any atom is 0.416 e. The molecule has 1 aromatic heterocycles. The minimum Gasteiger partial charge on any atom is -0.383 e. The Bertz CT molecular complexity index is 2050. The number of methoxy groups -OCH3 is 1. The first kappa shape index (κ1) is 38.7. The minimum absolute atomic E-state index is 0.0421. The Balaban J connectivity index is 1.51. The molecule has 0 bridgehead atoms. The van der Waals surface area contributed by atoms with E-state index >= 15 is 0 Å². The number of halogens is 6. The first-order valence-electron chi connectivity index (χ1n) is 17.3.